The van der Waals surface area contributed by atoms with Gasteiger partial charge in [-0.1, -0.05) is 12.2 Å². The molecule has 4 aromatic rings. The highest BCUT2D eigenvalue weighted by Crippen LogP contribution is 2.49. The molecule has 7 N–H and O–H groups in total. The number of nitrogens with zero attached hydrogens (tertiary/aromatic N) is 1. The molecule has 8 atom stereocenters. The molecular formula is C34H39N3O11. The van der Waals surface area contributed by atoms with Crippen LogP contribution < -0.4 is 15.5 Å². The van der Waals surface area contributed by atoms with Gasteiger partial charge in [-0.25, -0.2) is 9.78 Å². The molecule has 0 bridgehead atoms. The number of aromatic amines is 1. The SMILES string of the molecule is Cc1cc(=O)c2cc3c(c(-n4cc5cc[nH]c5c4)c2o1)O[C@@]1(CC=C[C@@H]([C@@H]2CNC(=O)C2)C1)[C@H](OOC[C@H](O)[C@@H](O)[C@H](O)[C@H](O)CO)C3. The second-order valence-electron chi connectivity index (χ2n) is 13.1. The fourth-order valence-corrected chi connectivity index (χ4v) is 7.22. The van der Waals surface area contributed by atoms with Crippen LogP contribution in [0.25, 0.3) is 27.6 Å². The van der Waals surface area contributed by atoms with Crippen LogP contribution in [0.4, 0.5) is 0 Å². The third-order valence-corrected chi connectivity index (χ3v) is 9.85. The number of aliphatic hydroxyl groups excluding tert-OH is 5. The molecule has 5 heterocycles. The van der Waals surface area contributed by atoms with E-state index in [1.54, 1.807) is 13.0 Å². The number of allylic oxidation sites excluding steroid dienone is 1. The first kappa shape index (κ1) is 32.5. The van der Waals surface area contributed by atoms with Gasteiger partial charge in [0, 0.05) is 61.4 Å². The minimum atomic E-state index is -1.83. The Morgan fingerprint density at radius 3 is 2.67 bits per heavy atom. The zero-order valence-electron chi connectivity index (χ0n) is 26.2. The standard InChI is InChI=1S/C34H39N3O11/c1-17-7-24(39)22-8-20-9-27(48-45-16-26(41)31(44)30(43)25(40)15-38)34(5-2-3-18(11-34)21-10-28(42)36-12-21)47-32(20)29(33(22)46-17)37-13-19-4-6-35-23(19)14-37/h2-4,6-8,13-14,18,21,25-27,30-31,35,38,40-41,43-44H,5,9-12,15-16H2,1H3,(H,36,42)/t18-,21+,25-,26+,27-,30-,31-,34-/m1/s1. The maximum Gasteiger partial charge on any atom is 0.220 e. The molecule has 0 radical (unpaired) electrons. The number of hydrogen-bond acceptors (Lipinski definition) is 11. The maximum atomic E-state index is 13.3. The van der Waals surface area contributed by atoms with Crippen molar-refractivity contribution in [3.63, 3.8) is 0 Å². The van der Waals surface area contributed by atoms with Gasteiger partial charge < -0.3 is 49.6 Å². The zero-order chi connectivity index (χ0) is 33.7. The maximum absolute atomic E-state index is 13.3. The highest BCUT2D eigenvalue weighted by molar-refractivity contribution is 5.91. The van der Waals surface area contributed by atoms with E-state index in [-0.39, 0.29) is 29.6 Å². The summed E-state index contributed by atoms with van der Waals surface area (Å²) in [4.78, 5) is 40.1. The Morgan fingerprint density at radius 2 is 1.92 bits per heavy atom. The van der Waals surface area contributed by atoms with Crippen LogP contribution in [-0.4, -0.2) is 96.9 Å². The lowest BCUT2D eigenvalue weighted by Crippen LogP contribution is -2.55. The Balaban J connectivity index is 1.28. The zero-order valence-corrected chi connectivity index (χ0v) is 26.2. The number of ether oxygens (including phenoxy) is 1. The lowest BCUT2D eigenvalue weighted by Gasteiger charge is -2.47. The monoisotopic (exact) mass is 665 g/mol. The molecule has 1 amide bonds. The van der Waals surface area contributed by atoms with Crippen molar-refractivity contribution in [2.45, 2.75) is 68.7 Å². The average Bonchev–Trinajstić information content (AvgIpc) is 3.80. The molecule has 3 aliphatic rings. The normalized spacial score (nSPS) is 26.4. The minimum absolute atomic E-state index is 0.0115. The molecule has 0 unspecified atom stereocenters. The van der Waals surface area contributed by atoms with E-state index in [9.17, 15) is 30.0 Å². The number of carbonyl (C=O) groups is 1. The first-order valence-corrected chi connectivity index (χ1v) is 16.1. The van der Waals surface area contributed by atoms with Crippen molar-refractivity contribution in [1.82, 2.24) is 14.9 Å². The van der Waals surface area contributed by atoms with Gasteiger partial charge in [0.25, 0.3) is 0 Å². The summed E-state index contributed by atoms with van der Waals surface area (Å²) >= 11 is 0. The average molecular weight is 666 g/mol. The van der Waals surface area contributed by atoms with Gasteiger partial charge in [-0.3, -0.25) is 9.59 Å². The van der Waals surface area contributed by atoms with Crippen LogP contribution in [-0.2, 0) is 21.0 Å². The van der Waals surface area contributed by atoms with E-state index < -0.39 is 49.3 Å². The van der Waals surface area contributed by atoms with Gasteiger partial charge in [-0.15, -0.1) is 0 Å². The number of aromatic nitrogens is 2. The number of carbonyl (C=O) groups excluding carboxylic acids is 1. The molecule has 1 aliphatic carbocycles. The van der Waals surface area contributed by atoms with E-state index in [4.69, 9.17) is 24.0 Å². The van der Waals surface area contributed by atoms with Crippen molar-refractivity contribution in [3.05, 3.63) is 70.5 Å². The van der Waals surface area contributed by atoms with Crippen LogP contribution >= 0.6 is 0 Å². The van der Waals surface area contributed by atoms with Gasteiger partial charge >= 0.3 is 0 Å². The molecular weight excluding hydrogens is 626 g/mol. The van der Waals surface area contributed by atoms with Gasteiger partial charge in [0.15, 0.2) is 16.8 Å². The fourth-order valence-electron chi connectivity index (χ4n) is 7.22. The predicted molar refractivity (Wildman–Crippen MR) is 170 cm³/mol. The second kappa shape index (κ2) is 12.8. The summed E-state index contributed by atoms with van der Waals surface area (Å²) in [5.41, 5.74) is 1.24. The fraction of sp³-hybridized carbons (Fsp3) is 0.471. The van der Waals surface area contributed by atoms with Crippen molar-refractivity contribution >= 4 is 27.8 Å². The Morgan fingerprint density at radius 1 is 1.10 bits per heavy atom. The van der Waals surface area contributed by atoms with Gasteiger partial charge in [0.2, 0.25) is 5.91 Å². The first-order chi connectivity index (χ1) is 23.1. The molecule has 7 rings (SSSR count). The van der Waals surface area contributed by atoms with Crippen molar-refractivity contribution in [1.29, 1.82) is 0 Å². The van der Waals surface area contributed by atoms with Crippen LogP contribution in [0.5, 0.6) is 5.75 Å². The lowest BCUT2D eigenvalue weighted by molar-refractivity contribution is -0.363. The van der Waals surface area contributed by atoms with E-state index >= 15 is 0 Å². The number of nitrogens with one attached hydrogen (secondary N) is 2. The number of fused-ring (bicyclic) bond motifs is 3. The topological polar surface area (TPSA) is 209 Å². The number of hydrogen-bond donors (Lipinski definition) is 7. The van der Waals surface area contributed by atoms with E-state index in [0.717, 1.165) is 10.9 Å². The lowest BCUT2D eigenvalue weighted by atomic mass is 9.71. The minimum Gasteiger partial charge on any atom is -0.481 e. The Labute approximate surface area is 274 Å². The second-order valence-corrected chi connectivity index (χ2v) is 13.1. The number of amides is 1. The van der Waals surface area contributed by atoms with Crippen LogP contribution in [0.3, 0.4) is 0 Å². The van der Waals surface area contributed by atoms with Crippen LogP contribution in [0, 0.1) is 18.8 Å². The molecule has 0 saturated carbocycles. The summed E-state index contributed by atoms with van der Waals surface area (Å²) in [5.74, 6) is 0.947. The van der Waals surface area contributed by atoms with Gasteiger partial charge in [0.05, 0.1) is 17.5 Å². The smallest absolute Gasteiger partial charge is 0.220 e. The highest BCUT2D eigenvalue weighted by Gasteiger charge is 2.51. The summed E-state index contributed by atoms with van der Waals surface area (Å²) in [6, 6.07) is 5.11. The molecule has 14 heteroatoms. The van der Waals surface area contributed by atoms with Crippen LogP contribution in [0.1, 0.15) is 30.6 Å². The summed E-state index contributed by atoms with van der Waals surface area (Å²) in [7, 11) is 0. The molecule has 256 valence electrons. The van der Waals surface area contributed by atoms with Crippen molar-refractivity contribution in [2.75, 3.05) is 19.8 Å². The predicted octanol–water partition coefficient (Wildman–Crippen LogP) is 0.902. The number of aryl methyl sites for hydroxylation is 1. The summed E-state index contributed by atoms with van der Waals surface area (Å²) in [6.07, 6.45) is 3.53. The Hall–Kier alpha value is -4.02. The molecule has 1 fully saturated rings. The summed E-state index contributed by atoms with van der Waals surface area (Å²) < 4.78 is 15.2. The van der Waals surface area contributed by atoms with E-state index in [2.05, 4.69) is 16.4 Å². The van der Waals surface area contributed by atoms with Crippen molar-refractivity contribution < 1.29 is 49.3 Å². The third kappa shape index (κ3) is 5.83. The number of aliphatic hydroxyl groups is 5. The van der Waals surface area contributed by atoms with Gasteiger partial charge in [-0.2, -0.15) is 0 Å². The summed E-state index contributed by atoms with van der Waals surface area (Å²) in [6.45, 7) is 0.867. The first-order valence-electron chi connectivity index (χ1n) is 16.1. The number of H-pyrrole nitrogens is 1. The van der Waals surface area contributed by atoms with Gasteiger partial charge in [0.1, 0.15) is 54.2 Å². The molecule has 1 spiro atoms. The van der Waals surface area contributed by atoms with E-state index in [0.29, 0.717) is 59.5 Å². The Bertz CT molecular complexity index is 1880. The van der Waals surface area contributed by atoms with Crippen LogP contribution in [0.2, 0.25) is 0 Å². The van der Waals surface area contributed by atoms with Crippen molar-refractivity contribution in [3.8, 4) is 11.4 Å². The quantitative estimate of drug-likeness (QED) is 0.0719. The number of benzene rings is 1. The van der Waals surface area contributed by atoms with Crippen LogP contribution in [0.15, 0.2) is 58.2 Å². The Kier molecular flexibility index (Phi) is 8.66. The van der Waals surface area contributed by atoms with Crippen molar-refractivity contribution in [2.24, 2.45) is 11.8 Å². The highest BCUT2D eigenvalue weighted by atomic mass is 17.2. The number of rotatable bonds is 10. The molecule has 14 nitrogen and oxygen atoms in total. The van der Waals surface area contributed by atoms with E-state index in [1.807, 2.05) is 35.3 Å². The van der Waals surface area contributed by atoms with E-state index in [1.165, 1.54) is 6.07 Å². The molecule has 1 saturated heterocycles. The van der Waals surface area contributed by atoms with Gasteiger partial charge in [-0.05, 0) is 37.3 Å². The third-order valence-electron chi connectivity index (χ3n) is 9.85. The largest absolute Gasteiger partial charge is 0.481 e. The molecule has 3 aromatic heterocycles. The summed E-state index contributed by atoms with van der Waals surface area (Å²) in [5, 5.41) is 53.8. The molecule has 1 aromatic carbocycles. The molecule has 48 heavy (non-hydrogen) atoms. The molecule has 2 aliphatic heterocycles.